The van der Waals surface area contributed by atoms with Gasteiger partial charge in [0.25, 0.3) is 0 Å². The number of hydrogen-bond donors (Lipinski definition) is 4. The van der Waals surface area contributed by atoms with Crippen molar-refractivity contribution in [1.82, 2.24) is 10.6 Å². The van der Waals surface area contributed by atoms with Gasteiger partial charge in [-0.1, -0.05) is 48.5 Å². The Balaban J connectivity index is 1.79. The maximum absolute atomic E-state index is 12.3. The van der Waals surface area contributed by atoms with Gasteiger partial charge in [-0.25, -0.2) is 9.59 Å². The fourth-order valence-electron chi connectivity index (χ4n) is 3.66. The van der Waals surface area contributed by atoms with Gasteiger partial charge >= 0.3 is 24.0 Å². The van der Waals surface area contributed by atoms with Gasteiger partial charge in [0.2, 0.25) is 0 Å². The molecular formula is C25H32N4O6. The first-order chi connectivity index (χ1) is 16.7. The molecule has 0 aromatic heterocycles. The van der Waals surface area contributed by atoms with Gasteiger partial charge in [0, 0.05) is 6.42 Å². The summed E-state index contributed by atoms with van der Waals surface area (Å²) in [6.45, 7) is 3.80. The molecule has 10 heteroatoms. The third kappa shape index (κ3) is 9.36. The van der Waals surface area contributed by atoms with Crippen LogP contribution in [0.5, 0.6) is 0 Å². The van der Waals surface area contributed by atoms with Gasteiger partial charge < -0.3 is 31.6 Å². The van der Waals surface area contributed by atoms with Gasteiger partial charge in [-0.05, 0) is 36.1 Å². The molecule has 0 heterocycles. The molecule has 2 atom stereocenters. The lowest BCUT2D eigenvalue weighted by Crippen LogP contribution is -2.35. The van der Waals surface area contributed by atoms with Crippen molar-refractivity contribution in [1.29, 1.82) is 0 Å². The Kier molecular flexibility index (Phi) is 10.5. The second kappa shape index (κ2) is 13.6. The first-order valence-corrected chi connectivity index (χ1v) is 11.2. The van der Waals surface area contributed by atoms with E-state index in [-0.39, 0.29) is 32.5 Å². The van der Waals surface area contributed by atoms with Gasteiger partial charge in [0.1, 0.15) is 0 Å². The van der Waals surface area contributed by atoms with E-state index in [1.807, 2.05) is 38.1 Å². The minimum Gasteiger partial charge on any atom is -0.465 e. The van der Waals surface area contributed by atoms with Crippen LogP contribution in [0.1, 0.15) is 53.6 Å². The summed E-state index contributed by atoms with van der Waals surface area (Å²) in [4.78, 5) is 47.3. The Morgan fingerprint density at radius 2 is 1.09 bits per heavy atom. The quantitative estimate of drug-likeness (QED) is 0.267. The second-order valence-corrected chi connectivity index (χ2v) is 8.04. The highest BCUT2D eigenvalue weighted by molar-refractivity contribution is 5.76. The molecule has 0 aliphatic rings. The van der Waals surface area contributed by atoms with Crippen LogP contribution in [0.25, 0.3) is 0 Å². The highest BCUT2D eigenvalue weighted by atomic mass is 16.5. The number of nitrogens with two attached hydrogens (primary N) is 2. The number of amides is 4. The second-order valence-electron chi connectivity index (χ2n) is 8.04. The van der Waals surface area contributed by atoms with E-state index >= 15 is 0 Å². The molecule has 0 saturated carbocycles. The van der Waals surface area contributed by atoms with Crippen LogP contribution in [0.15, 0.2) is 48.5 Å². The van der Waals surface area contributed by atoms with E-state index in [9.17, 15) is 19.2 Å². The zero-order valence-corrected chi connectivity index (χ0v) is 19.9. The van der Waals surface area contributed by atoms with E-state index in [1.54, 1.807) is 24.3 Å². The molecule has 2 rings (SSSR count). The number of primary amides is 2. The molecule has 2 aromatic rings. The van der Waals surface area contributed by atoms with E-state index in [1.165, 1.54) is 0 Å². The summed E-state index contributed by atoms with van der Waals surface area (Å²) in [7, 11) is 0. The number of nitrogens with one attached hydrogen (secondary N) is 2. The van der Waals surface area contributed by atoms with E-state index in [4.69, 9.17) is 20.9 Å². The van der Waals surface area contributed by atoms with E-state index < -0.39 is 36.1 Å². The molecule has 0 aliphatic heterocycles. The van der Waals surface area contributed by atoms with Crippen molar-refractivity contribution >= 4 is 24.0 Å². The maximum Gasteiger partial charge on any atom is 0.312 e. The fourth-order valence-corrected chi connectivity index (χ4v) is 3.66. The first-order valence-electron chi connectivity index (χ1n) is 11.2. The Labute approximate surface area is 204 Å². The van der Waals surface area contributed by atoms with Gasteiger partial charge in [-0.3, -0.25) is 9.59 Å². The number of carbonyl (C=O) groups is 4. The van der Waals surface area contributed by atoms with Crippen LogP contribution >= 0.6 is 0 Å². The third-order valence-corrected chi connectivity index (χ3v) is 5.32. The summed E-state index contributed by atoms with van der Waals surface area (Å²) < 4.78 is 10.4. The molecule has 0 saturated heterocycles. The molecule has 0 bridgehead atoms. The van der Waals surface area contributed by atoms with E-state index in [0.717, 1.165) is 22.3 Å². The molecular weight excluding hydrogens is 452 g/mol. The van der Waals surface area contributed by atoms with Crippen molar-refractivity contribution in [2.24, 2.45) is 11.5 Å². The normalized spacial score (nSPS) is 12.2. The smallest absolute Gasteiger partial charge is 0.312 e. The molecule has 0 radical (unpaired) electrons. The standard InChI is InChI=1S/C25H32N4O6/c1-16-8-3-5-10-18(16)20(28-24(26)32)14-22(30)34-12-7-13-35-23(31)15-21(29-25(27)33)19-11-6-4-9-17(19)2/h3-6,8-11,20-21H,7,12-15H2,1-2H3,(H3,26,28,32)(H3,27,29,33). The SMILES string of the molecule is Cc1ccccc1C(CC(=O)OCCCOC(=O)CC(NC(N)=O)c1ccccc1C)NC(N)=O. The summed E-state index contributed by atoms with van der Waals surface area (Å²) in [5, 5.41) is 5.13. The monoisotopic (exact) mass is 484 g/mol. The van der Waals surface area contributed by atoms with Gasteiger partial charge in [0.05, 0.1) is 38.1 Å². The molecule has 0 aliphatic carbocycles. The number of hydrogen-bond acceptors (Lipinski definition) is 6. The fraction of sp³-hybridized carbons (Fsp3) is 0.360. The highest BCUT2D eigenvalue weighted by Gasteiger charge is 2.21. The Bertz CT molecular complexity index is 961. The van der Waals surface area contributed by atoms with Crippen molar-refractivity contribution in [2.75, 3.05) is 13.2 Å². The van der Waals surface area contributed by atoms with Crippen molar-refractivity contribution in [3.63, 3.8) is 0 Å². The Hall–Kier alpha value is -4.08. The van der Waals surface area contributed by atoms with Crippen LogP contribution in [-0.4, -0.2) is 37.2 Å². The van der Waals surface area contributed by atoms with Crippen molar-refractivity contribution in [3.05, 3.63) is 70.8 Å². The van der Waals surface area contributed by atoms with Gasteiger partial charge in [-0.2, -0.15) is 0 Å². The predicted octanol–water partition coefficient (Wildman–Crippen LogP) is 2.68. The van der Waals surface area contributed by atoms with Crippen LogP contribution in [-0.2, 0) is 19.1 Å². The lowest BCUT2D eigenvalue weighted by atomic mass is 9.99. The molecule has 6 N–H and O–H groups in total. The topological polar surface area (TPSA) is 163 Å². The summed E-state index contributed by atoms with van der Waals surface area (Å²) in [6, 6.07) is 12.0. The van der Waals surface area contributed by atoms with Crippen molar-refractivity contribution in [2.45, 2.75) is 45.2 Å². The number of esters is 2. The number of rotatable bonds is 12. The predicted molar refractivity (Wildman–Crippen MR) is 129 cm³/mol. The number of aryl methyl sites for hydroxylation is 2. The molecule has 35 heavy (non-hydrogen) atoms. The first kappa shape index (κ1) is 27.2. The number of ether oxygens (including phenoxy) is 2. The zero-order chi connectivity index (χ0) is 25.8. The largest absolute Gasteiger partial charge is 0.465 e. The summed E-state index contributed by atoms with van der Waals surface area (Å²) in [6.07, 6.45) is 0.100. The summed E-state index contributed by atoms with van der Waals surface area (Å²) in [5.74, 6) is -1.05. The Morgan fingerprint density at radius 3 is 1.43 bits per heavy atom. The number of urea groups is 2. The maximum atomic E-state index is 12.3. The molecule has 2 aromatic carbocycles. The summed E-state index contributed by atoms with van der Waals surface area (Å²) >= 11 is 0. The Morgan fingerprint density at radius 1 is 0.714 bits per heavy atom. The molecule has 0 spiro atoms. The van der Waals surface area contributed by atoms with E-state index in [0.29, 0.717) is 0 Å². The average molecular weight is 485 g/mol. The average Bonchev–Trinajstić information content (AvgIpc) is 2.78. The lowest BCUT2D eigenvalue weighted by molar-refractivity contribution is -0.146. The van der Waals surface area contributed by atoms with Crippen LogP contribution in [0.2, 0.25) is 0 Å². The van der Waals surface area contributed by atoms with Crippen molar-refractivity contribution < 1.29 is 28.7 Å². The third-order valence-electron chi connectivity index (χ3n) is 5.32. The van der Waals surface area contributed by atoms with Gasteiger partial charge in [0.15, 0.2) is 0 Å². The van der Waals surface area contributed by atoms with Crippen LogP contribution < -0.4 is 22.1 Å². The molecule has 188 valence electrons. The highest BCUT2D eigenvalue weighted by Crippen LogP contribution is 2.22. The summed E-state index contributed by atoms with van der Waals surface area (Å²) in [5.41, 5.74) is 13.8. The minimum absolute atomic E-state index is 0.0317. The number of benzene rings is 2. The molecule has 2 unspecified atom stereocenters. The van der Waals surface area contributed by atoms with Crippen LogP contribution in [0, 0.1) is 13.8 Å². The van der Waals surface area contributed by atoms with Gasteiger partial charge in [-0.15, -0.1) is 0 Å². The van der Waals surface area contributed by atoms with Crippen LogP contribution in [0.3, 0.4) is 0 Å². The lowest BCUT2D eigenvalue weighted by Gasteiger charge is -2.19. The minimum atomic E-state index is -0.743. The molecule has 0 fully saturated rings. The van der Waals surface area contributed by atoms with Crippen LogP contribution in [0.4, 0.5) is 9.59 Å². The molecule has 10 nitrogen and oxygen atoms in total. The number of carbonyl (C=O) groups excluding carboxylic acids is 4. The van der Waals surface area contributed by atoms with E-state index in [2.05, 4.69) is 10.6 Å². The molecule has 4 amide bonds. The zero-order valence-electron chi connectivity index (χ0n) is 19.9. The van der Waals surface area contributed by atoms with Crippen molar-refractivity contribution in [3.8, 4) is 0 Å².